The van der Waals surface area contributed by atoms with Crippen LogP contribution in [0.3, 0.4) is 0 Å². The normalized spacial score (nSPS) is 26.5. The van der Waals surface area contributed by atoms with Crippen LogP contribution in [0.1, 0.15) is 39.5 Å². The fourth-order valence-corrected chi connectivity index (χ4v) is 2.05. The number of carbonyl (C=O) groups is 1. The first-order valence-electron chi connectivity index (χ1n) is 6.04. The summed E-state index contributed by atoms with van der Waals surface area (Å²) in [5.74, 6) is 0.734. The summed E-state index contributed by atoms with van der Waals surface area (Å²) in [5, 5.41) is 20.9. The Labute approximate surface area is 97.0 Å². The maximum atomic E-state index is 11.9. The van der Waals surface area contributed by atoms with Crippen molar-refractivity contribution < 1.29 is 15.0 Å². The maximum absolute atomic E-state index is 11.9. The molecule has 0 aliphatic heterocycles. The molecule has 4 heteroatoms. The third kappa shape index (κ3) is 3.46. The predicted molar refractivity (Wildman–Crippen MR) is 61.8 cm³/mol. The number of amides is 1. The monoisotopic (exact) mass is 229 g/mol. The number of aliphatic hydroxyl groups excluding tert-OH is 2. The molecule has 1 saturated carbocycles. The maximum Gasteiger partial charge on any atom is 0.223 e. The van der Waals surface area contributed by atoms with Gasteiger partial charge in [0, 0.05) is 5.92 Å². The molecule has 0 bridgehead atoms. The van der Waals surface area contributed by atoms with E-state index in [2.05, 4.69) is 12.2 Å². The molecule has 1 aliphatic carbocycles. The van der Waals surface area contributed by atoms with Crippen molar-refractivity contribution in [2.75, 3.05) is 13.2 Å². The van der Waals surface area contributed by atoms with Crippen LogP contribution in [0.2, 0.25) is 0 Å². The Morgan fingerprint density at radius 2 is 1.75 bits per heavy atom. The zero-order valence-corrected chi connectivity index (χ0v) is 10.2. The molecule has 16 heavy (non-hydrogen) atoms. The van der Waals surface area contributed by atoms with Crippen molar-refractivity contribution in [1.29, 1.82) is 0 Å². The Kier molecular flexibility index (Phi) is 4.74. The quantitative estimate of drug-likeness (QED) is 0.663. The molecule has 1 rings (SSSR count). The van der Waals surface area contributed by atoms with Gasteiger partial charge in [-0.2, -0.15) is 0 Å². The Morgan fingerprint density at radius 1 is 1.25 bits per heavy atom. The number of hydrogen-bond acceptors (Lipinski definition) is 3. The largest absolute Gasteiger partial charge is 0.394 e. The Balaban J connectivity index is 2.46. The van der Waals surface area contributed by atoms with Gasteiger partial charge in [0.2, 0.25) is 5.91 Å². The molecule has 0 unspecified atom stereocenters. The second-order valence-corrected chi connectivity index (χ2v) is 5.32. The first-order chi connectivity index (χ1) is 7.50. The third-order valence-electron chi connectivity index (χ3n) is 3.51. The zero-order valence-electron chi connectivity index (χ0n) is 10.2. The smallest absolute Gasteiger partial charge is 0.223 e. The second kappa shape index (κ2) is 5.64. The van der Waals surface area contributed by atoms with E-state index in [-0.39, 0.29) is 25.0 Å². The van der Waals surface area contributed by atoms with Crippen molar-refractivity contribution in [2.24, 2.45) is 11.8 Å². The highest BCUT2D eigenvalue weighted by atomic mass is 16.3. The van der Waals surface area contributed by atoms with Crippen molar-refractivity contribution in [3.8, 4) is 0 Å². The second-order valence-electron chi connectivity index (χ2n) is 5.32. The molecule has 0 atom stereocenters. The fourth-order valence-electron chi connectivity index (χ4n) is 2.05. The van der Waals surface area contributed by atoms with Gasteiger partial charge in [0.05, 0.1) is 18.8 Å². The summed E-state index contributed by atoms with van der Waals surface area (Å²) in [6, 6.07) is 0. The molecule has 0 radical (unpaired) electrons. The van der Waals surface area contributed by atoms with Crippen molar-refractivity contribution in [2.45, 2.75) is 45.1 Å². The van der Waals surface area contributed by atoms with Crippen LogP contribution in [0.4, 0.5) is 0 Å². The van der Waals surface area contributed by atoms with Crippen molar-refractivity contribution >= 4 is 5.91 Å². The van der Waals surface area contributed by atoms with Crippen LogP contribution in [0.5, 0.6) is 0 Å². The summed E-state index contributed by atoms with van der Waals surface area (Å²) < 4.78 is 0. The number of nitrogens with one attached hydrogen (secondary N) is 1. The van der Waals surface area contributed by atoms with E-state index in [9.17, 15) is 4.79 Å². The van der Waals surface area contributed by atoms with Crippen molar-refractivity contribution in [1.82, 2.24) is 5.32 Å². The van der Waals surface area contributed by atoms with Gasteiger partial charge in [0.25, 0.3) is 0 Å². The molecule has 0 heterocycles. The van der Waals surface area contributed by atoms with Crippen LogP contribution in [0, 0.1) is 11.8 Å². The van der Waals surface area contributed by atoms with Gasteiger partial charge in [0.15, 0.2) is 0 Å². The topological polar surface area (TPSA) is 69.6 Å². The molecule has 0 aromatic heterocycles. The van der Waals surface area contributed by atoms with Crippen LogP contribution >= 0.6 is 0 Å². The minimum absolute atomic E-state index is 0.0301. The van der Waals surface area contributed by atoms with E-state index >= 15 is 0 Å². The summed E-state index contributed by atoms with van der Waals surface area (Å²) in [6.45, 7) is 3.38. The van der Waals surface area contributed by atoms with Crippen LogP contribution in [0.15, 0.2) is 0 Å². The van der Waals surface area contributed by atoms with E-state index in [1.807, 2.05) is 0 Å². The van der Waals surface area contributed by atoms with E-state index in [0.717, 1.165) is 25.7 Å². The number of aliphatic hydroxyl groups is 2. The summed E-state index contributed by atoms with van der Waals surface area (Å²) in [7, 11) is 0. The van der Waals surface area contributed by atoms with Gasteiger partial charge in [-0.3, -0.25) is 4.79 Å². The predicted octanol–water partition coefficient (Wildman–Crippen LogP) is 0.672. The molecule has 0 spiro atoms. The Bertz CT molecular complexity index is 230. The number of carbonyl (C=O) groups excluding carboxylic acids is 1. The van der Waals surface area contributed by atoms with Gasteiger partial charge >= 0.3 is 0 Å². The van der Waals surface area contributed by atoms with E-state index in [1.165, 1.54) is 0 Å². The van der Waals surface area contributed by atoms with Crippen LogP contribution in [-0.4, -0.2) is 34.9 Å². The van der Waals surface area contributed by atoms with Gasteiger partial charge in [-0.25, -0.2) is 0 Å². The van der Waals surface area contributed by atoms with E-state index in [4.69, 9.17) is 10.2 Å². The average Bonchev–Trinajstić information content (AvgIpc) is 2.29. The molecule has 0 aromatic carbocycles. The summed E-state index contributed by atoms with van der Waals surface area (Å²) >= 11 is 0. The minimum Gasteiger partial charge on any atom is -0.394 e. The lowest BCUT2D eigenvalue weighted by molar-refractivity contribution is -0.129. The van der Waals surface area contributed by atoms with E-state index < -0.39 is 5.54 Å². The molecule has 4 nitrogen and oxygen atoms in total. The highest BCUT2D eigenvalue weighted by Gasteiger charge is 2.30. The molecule has 3 N–H and O–H groups in total. The van der Waals surface area contributed by atoms with Gasteiger partial charge in [-0.1, -0.05) is 6.92 Å². The Hall–Kier alpha value is -0.610. The molecule has 1 amide bonds. The fraction of sp³-hybridized carbons (Fsp3) is 0.917. The SMILES string of the molecule is CC1CCC(C(=O)NC(C)(CO)CO)CC1. The summed E-state index contributed by atoms with van der Waals surface area (Å²) in [5.41, 5.74) is -0.889. The highest BCUT2D eigenvalue weighted by molar-refractivity contribution is 5.79. The van der Waals surface area contributed by atoms with Crippen LogP contribution in [0.25, 0.3) is 0 Å². The number of rotatable bonds is 4. The van der Waals surface area contributed by atoms with Gasteiger partial charge in [-0.05, 0) is 38.5 Å². The molecule has 1 aliphatic rings. The van der Waals surface area contributed by atoms with Crippen molar-refractivity contribution in [3.63, 3.8) is 0 Å². The van der Waals surface area contributed by atoms with E-state index in [0.29, 0.717) is 5.92 Å². The third-order valence-corrected chi connectivity index (χ3v) is 3.51. The van der Waals surface area contributed by atoms with Crippen LogP contribution < -0.4 is 5.32 Å². The first-order valence-corrected chi connectivity index (χ1v) is 6.04. The molecule has 0 aromatic rings. The molecule has 94 valence electrons. The van der Waals surface area contributed by atoms with Gasteiger partial charge < -0.3 is 15.5 Å². The first kappa shape index (κ1) is 13.5. The zero-order chi connectivity index (χ0) is 12.2. The molecule has 0 saturated heterocycles. The summed E-state index contributed by atoms with van der Waals surface area (Å²) in [4.78, 5) is 11.9. The summed E-state index contributed by atoms with van der Waals surface area (Å²) in [6.07, 6.45) is 4.01. The van der Waals surface area contributed by atoms with Gasteiger partial charge in [-0.15, -0.1) is 0 Å². The molecular weight excluding hydrogens is 206 g/mol. The Morgan fingerprint density at radius 3 is 2.19 bits per heavy atom. The number of hydrogen-bond donors (Lipinski definition) is 3. The highest BCUT2D eigenvalue weighted by Crippen LogP contribution is 2.28. The lowest BCUT2D eigenvalue weighted by Gasteiger charge is -2.31. The standard InChI is InChI=1S/C12H23NO3/c1-9-3-5-10(6-4-9)11(16)13-12(2,7-14)8-15/h9-10,14-15H,3-8H2,1-2H3,(H,13,16). The average molecular weight is 229 g/mol. The minimum atomic E-state index is -0.889. The molecule has 1 fully saturated rings. The lowest BCUT2D eigenvalue weighted by Crippen LogP contribution is -2.53. The van der Waals surface area contributed by atoms with E-state index in [1.54, 1.807) is 6.92 Å². The van der Waals surface area contributed by atoms with Crippen molar-refractivity contribution in [3.05, 3.63) is 0 Å². The molecular formula is C12H23NO3. The lowest BCUT2D eigenvalue weighted by atomic mass is 9.82. The van der Waals surface area contributed by atoms with Crippen LogP contribution in [-0.2, 0) is 4.79 Å². The van der Waals surface area contributed by atoms with Gasteiger partial charge in [0.1, 0.15) is 0 Å².